The Kier molecular flexibility index (Phi) is 18.4. The van der Waals surface area contributed by atoms with Crippen LogP contribution >= 0.6 is 0 Å². The highest BCUT2D eigenvalue weighted by Gasteiger charge is 2.30. The number of hydrogen-bond acceptors (Lipinski definition) is 2. The number of anilines is 6. The van der Waals surface area contributed by atoms with Crippen LogP contribution in [-0.4, -0.2) is 0 Å². The lowest BCUT2D eigenvalue weighted by Gasteiger charge is -2.27. The molecule has 0 heterocycles. The van der Waals surface area contributed by atoms with Crippen molar-refractivity contribution in [1.82, 2.24) is 0 Å². The van der Waals surface area contributed by atoms with Crippen molar-refractivity contribution in [1.29, 1.82) is 0 Å². The molecule has 0 unspecified atom stereocenters. The summed E-state index contributed by atoms with van der Waals surface area (Å²) in [7, 11) is 0. The standard InChI is InChI=1S/C62H40N2.C54H38/c1-7-21-41(22-8-1)55-59-49-35-19-33-47-53(63(43-25-11-3-12-26-43)44-27-13-4-14-28-44)39-37-51(57(47)49)61(59)56(42-23-9-2-10-24-42)62-52-38-40-54(48-34-20-36-50(58(48)52)60(55)62)64(45-29-15-5-16-30-45)46-31-17-6-18-32-46;1-5-17-41(18-6-1)51(42-19-7-2-8-20-42)37-39-29-33-45(34-30-39)53-47-25-13-15-27-49(47)54(50-28-16-14-26-48(50)53)46-35-31-40(32-36-46)38-52(43-21-9-3-10-22-43)44-23-11-4-12-24-44/h1-40H;1-38H. The van der Waals surface area contributed by atoms with Crippen LogP contribution in [0.4, 0.5) is 34.1 Å². The van der Waals surface area contributed by atoms with E-state index in [1.54, 1.807) is 0 Å². The van der Waals surface area contributed by atoms with E-state index >= 15 is 0 Å². The topological polar surface area (TPSA) is 6.48 Å². The molecule has 22 aromatic carbocycles. The predicted octanol–water partition coefficient (Wildman–Crippen LogP) is 32.3. The zero-order valence-corrected chi connectivity index (χ0v) is 64.9. The third-order valence-corrected chi connectivity index (χ3v) is 23.6. The van der Waals surface area contributed by atoms with Crippen LogP contribution < -0.4 is 9.80 Å². The van der Waals surface area contributed by atoms with E-state index in [9.17, 15) is 0 Å². The molecule has 0 aliphatic heterocycles. The fourth-order valence-electron chi connectivity index (χ4n) is 18.5. The minimum absolute atomic E-state index is 1.13. The molecule has 0 bridgehead atoms. The smallest absolute Gasteiger partial charge is 0.0540 e. The Morgan fingerprint density at radius 3 is 0.653 bits per heavy atom. The highest BCUT2D eigenvalue weighted by atomic mass is 15.1. The van der Waals surface area contributed by atoms with Crippen molar-refractivity contribution < 1.29 is 0 Å². The average molecular weight is 1500 g/mol. The second-order valence-electron chi connectivity index (χ2n) is 30.4. The third kappa shape index (κ3) is 12.7. The van der Waals surface area contributed by atoms with E-state index in [0.29, 0.717) is 0 Å². The van der Waals surface area contributed by atoms with Gasteiger partial charge in [-0.15, -0.1) is 0 Å². The summed E-state index contributed by atoms with van der Waals surface area (Å²) in [6.07, 6.45) is 4.60. The highest BCUT2D eigenvalue weighted by molar-refractivity contribution is 6.47. The quantitative estimate of drug-likeness (QED) is 0.0703. The van der Waals surface area contributed by atoms with Gasteiger partial charge >= 0.3 is 0 Å². The van der Waals surface area contributed by atoms with Gasteiger partial charge in [0.2, 0.25) is 0 Å². The van der Waals surface area contributed by atoms with Crippen LogP contribution in [0.3, 0.4) is 0 Å². The fraction of sp³-hybridized carbons (Fsp3) is 0. The van der Waals surface area contributed by atoms with E-state index in [-0.39, 0.29) is 0 Å². The molecule has 552 valence electrons. The molecule has 2 heteroatoms. The summed E-state index contributed by atoms with van der Waals surface area (Å²) in [5, 5.41) is 20.3. The van der Waals surface area contributed by atoms with Gasteiger partial charge in [-0.2, -0.15) is 0 Å². The SMILES string of the molecule is C(=C(c1ccccc1)c1ccccc1)c1ccc(-c2c3ccccc3c(-c3ccc(C=C(c4ccccc4)c4ccccc4)cc3)c3ccccc23)cc1.c1ccc(-c2c3c4cccc5c(N(c6ccccc6)c6ccccc6)ccc(c3c(-c3ccccc3)c3c6ccc(N(c7ccccc7)c7ccccc7)c7cccc(c23)c76)c54)cc1. The molecule has 0 radical (unpaired) electrons. The summed E-state index contributed by atoms with van der Waals surface area (Å²) in [5.74, 6) is 0. The van der Waals surface area contributed by atoms with Gasteiger partial charge in [-0.05, 0) is 237 Å². The summed E-state index contributed by atoms with van der Waals surface area (Å²) >= 11 is 0. The normalized spacial score (nSPS) is 11.4. The van der Waals surface area contributed by atoms with E-state index in [2.05, 4.69) is 483 Å². The number of hydrogen-bond donors (Lipinski definition) is 0. The van der Waals surface area contributed by atoms with Gasteiger partial charge in [0.05, 0.1) is 11.4 Å². The first-order valence-corrected chi connectivity index (χ1v) is 40.7. The Morgan fingerprint density at radius 1 is 0.153 bits per heavy atom. The van der Waals surface area contributed by atoms with Crippen LogP contribution in [0, 0.1) is 0 Å². The maximum atomic E-state index is 2.41. The number of fused-ring (bicyclic) bond motifs is 8. The summed E-state index contributed by atoms with van der Waals surface area (Å²) < 4.78 is 0. The monoisotopic (exact) mass is 1500 g/mol. The van der Waals surface area contributed by atoms with Crippen molar-refractivity contribution in [2.45, 2.75) is 0 Å². The van der Waals surface area contributed by atoms with Gasteiger partial charge in [-0.25, -0.2) is 0 Å². The third-order valence-electron chi connectivity index (χ3n) is 23.6. The number of nitrogens with zero attached hydrogens (tertiary/aromatic N) is 2. The lowest BCUT2D eigenvalue weighted by Crippen LogP contribution is -2.10. The van der Waals surface area contributed by atoms with Gasteiger partial charge in [0.15, 0.2) is 0 Å². The molecule has 0 saturated carbocycles. The first-order chi connectivity index (χ1) is 58.6. The number of rotatable bonds is 16. The molecule has 118 heavy (non-hydrogen) atoms. The average Bonchev–Trinajstić information content (AvgIpc) is 1.51. The first kappa shape index (κ1) is 70.4. The molecule has 0 aromatic heterocycles. The Balaban J connectivity index is 0.000000149. The molecule has 0 spiro atoms. The zero-order valence-electron chi connectivity index (χ0n) is 64.9. The molecule has 0 saturated heterocycles. The van der Waals surface area contributed by atoms with Crippen molar-refractivity contribution in [3.63, 3.8) is 0 Å². The highest BCUT2D eigenvalue weighted by Crippen LogP contribution is 2.58. The fourth-order valence-corrected chi connectivity index (χ4v) is 18.5. The van der Waals surface area contributed by atoms with E-state index in [4.69, 9.17) is 0 Å². The molecular formula is C116H78N2. The van der Waals surface area contributed by atoms with Crippen LogP contribution in [0.1, 0.15) is 33.4 Å². The minimum atomic E-state index is 1.13. The molecule has 0 amide bonds. The first-order valence-electron chi connectivity index (χ1n) is 40.7. The van der Waals surface area contributed by atoms with Gasteiger partial charge in [0.1, 0.15) is 0 Å². The molecule has 22 aromatic rings. The second kappa shape index (κ2) is 30.8. The van der Waals surface area contributed by atoms with Gasteiger partial charge in [0, 0.05) is 33.5 Å². The maximum Gasteiger partial charge on any atom is 0.0540 e. The summed E-state index contributed by atoms with van der Waals surface area (Å²) in [6, 6.07) is 167. The van der Waals surface area contributed by atoms with Crippen LogP contribution in [-0.2, 0) is 0 Å². The van der Waals surface area contributed by atoms with E-state index in [1.807, 2.05) is 0 Å². The molecule has 0 fully saturated rings. The maximum absolute atomic E-state index is 2.41. The zero-order chi connectivity index (χ0) is 78.2. The van der Waals surface area contributed by atoms with Crippen molar-refractivity contribution >= 4 is 144 Å². The minimum Gasteiger partial charge on any atom is -0.310 e. The molecular weight excluding hydrogens is 1420 g/mol. The Bertz CT molecular complexity index is 6700. The largest absolute Gasteiger partial charge is 0.310 e. The summed E-state index contributed by atoms with van der Waals surface area (Å²) in [4.78, 5) is 4.82. The van der Waals surface area contributed by atoms with E-state index < -0.39 is 0 Å². The molecule has 0 aliphatic rings. The van der Waals surface area contributed by atoms with Gasteiger partial charge in [-0.3, -0.25) is 0 Å². The molecule has 22 rings (SSSR count). The molecule has 0 atom stereocenters. The number of benzene rings is 20. The summed E-state index contributed by atoms with van der Waals surface area (Å²) in [5.41, 5.74) is 26.4. The van der Waals surface area contributed by atoms with Crippen LogP contribution in [0.25, 0.3) is 154 Å². The molecule has 0 aliphatic carbocycles. The van der Waals surface area contributed by atoms with Crippen LogP contribution in [0.2, 0.25) is 0 Å². The van der Waals surface area contributed by atoms with Gasteiger partial charge in [0.25, 0.3) is 0 Å². The van der Waals surface area contributed by atoms with Gasteiger partial charge < -0.3 is 9.80 Å². The molecule has 0 N–H and O–H groups in total. The van der Waals surface area contributed by atoms with Gasteiger partial charge in [-0.1, -0.05) is 400 Å². The van der Waals surface area contributed by atoms with Crippen molar-refractivity contribution in [2.75, 3.05) is 9.80 Å². The van der Waals surface area contributed by atoms with Crippen LogP contribution in [0.5, 0.6) is 0 Å². The Morgan fingerprint density at radius 2 is 0.373 bits per heavy atom. The van der Waals surface area contributed by atoms with E-state index in [0.717, 1.165) is 34.1 Å². The van der Waals surface area contributed by atoms with Crippen LogP contribution in [0.15, 0.2) is 461 Å². The lowest BCUT2D eigenvalue weighted by atomic mass is 9.85. The summed E-state index contributed by atoms with van der Waals surface area (Å²) in [6.45, 7) is 0. The Hall–Kier alpha value is -15.5. The predicted molar refractivity (Wildman–Crippen MR) is 506 cm³/mol. The Labute approximate surface area is 687 Å². The van der Waals surface area contributed by atoms with E-state index in [1.165, 1.54) is 175 Å². The molecule has 2 nitrogen and oxygen atoms in total. The van der Waals surface area contributed by atoms with Crippen molar-refractivity contribution in [3.05, 3.63) is 494 Å². The van der Waals surface area contributed by atoms with Crippen molar-refractivity contribution in [2.24, 2.45) is 0 Å². The number of para-hydroxylation sites is 4. The second-order valence-corrected chi connectivity index (χ2v) is 30.4. The van der Waals surface area contributed by atoms with Crippen molar-refractivity contribution in [3.8, 4) is 44.5 Å². The lowest BCUT2D eigenvalue weighted by molar-refractivity contribution is 1.30.